The van der Waals surface area contributed by atoms with E-state index in [4.69, 9.17) is 12.2 Å². The highest BCUT2D eigenvalue weighted by molar-refractivity contribution is 7.81. The normalized spacial score (nSPS) is 13.9. The lowest BCUT2D eigenvalue weighted by Gasteiger charge is -2.37. The van der Waals surface area contributed by atoms with Crippen LogP contribution in [0.25, 0.3) is 5.57 Å². The number of carbonyl (C=O) groups is 2. The smallest absolute Gasteiger partial charge is 0.268 e. The molecule has 0 N–H and O–H groups in total. The van der Waals surface area contributed by atoms with Gasteiger partial charge in [-0.3, -0.25) is 9.69 Å². The standard InChI is InChI=1S/C29H20N2O2S/c32-27-26(25(21-13-5-1-6-14-21)22-15-7-2-8-16-22)28(34)31(24-19-11-4-12-20-24)29(33)30(27)23-17-9-3-10-18-23/h1-20H. The molecule has 0 spiro atoms. The molecule has 0 bridgehead atoms. The Labute approximate surface area is 203 Å². The predicted octanol–water partition coefficient (Wildman–Crippen LogP) is 6.49. The van der Waals surface area contributed by atoms with Crippen LogP contribution in [-0.2, 0) is 4.79 Å². The van der Waals surface area contributed by atoms with Crippen LogP contribution in [0.1, 0.15) is 11.1 Å². The van der Waals surface area contributed by atoms with Crippen LogP contribution >= 0.6 is 12.2 Å². The van der Waals surface area contributed by atoms with Gasteiger partial charge in [0, 0.05) is 5.57 Å². The fourth-order valence-electron chi connectivity index (χ4n) is 4.08. The van der Waals surface area contributed by atoms with E-state index >= 15 is 0 Å². The van der Waals surface area contributed by atoms with E-state index in [-0.39, 0.29) is 4.99 Å². The Morgan fingerprint density at radius 1 is 0.529 bits per heavy atom. The average molecular weight is 461 g/mol. The predicted molar refractivity (Wildman–Crippen MR) is 140 cm³/mol. The molecule has 1 saturated heterocycles. The molecule has 4 aromatic carbocycles. The van der Waals surface area contributed by atoms with Crippen LogP contribution in [0.4, 0.5) is 16.2 Å². The van der Waals surface area contributed by atoms with Crippen molar-refractivity contribution < 1.29 is 9.59 Å². The molecule has 4 nitrogen and oxygen atoms in total. The third-order valence-electron chi connectivity index (χ3n) is 5.62. The molecule has 5 heteroatoms. The Morgan fingerprint density at radius 3 is 1.35 bits per heavy atom. The molecule has 4 aromatic rings. The first-order valence-electron chi connectivity index (χ1n) is 10.8. The van der Waals surface area contributed by atoms with E-state index in [1.165, 1.54) is 9.80 Å². The number of para-hydroxylation sites is 2. The van der Waals surface area contributed by atoms with Crippen LogP contribution in [0.3, 0.4) is 0 Å². The van der Waals surface area contributed by atoms with Gasteiger partial charge in [-0.1, -0.05) is 109 Å². The van der Waals surface area contributed by atoms with Gasteiger partial charge in [-0.2, -0.15) is 0 Å². The second-order valence-electron chi connectivity index (χ2n) is 7.72. The van der Waals surface area contributed by atoms with Crippen molar-refractivity contribution in [3.8, 4) is 0 Å². The number of nitrogens with zero attached hydrogens (tertiary/aromatic N) is 2. The number of amides is 3. The van der Waals surface area contributed by atoms with E-state index in [1.807, 2.05) is 97.1 Å². The highest BCUT2D eigenvalue weighted by Gasteiger charge is 2.43. The number of imide groups is 1. The van der Waals surface area contributed by atoms with Gasteiger partial charge in [-0.15, -0.1) is 0 Å². The summed E-state index contributed by atoms with van der Waals surface area (Å²) in [6, 6.07) is 36.9. The molecule has 0 unspecified atom stereocenters. The van der Waals surface area contributed by atoms with Gasteiger partial charge in [0.15, 0.2) is 0 Å². The first-order chi connectivity index (χ1) is 16.7. The number of thiocarbonyl (C=S) groups is 1. The van der Waals surface area contributed by atoms with Gasteiger partial charge in [0.2, 0.25) is 0 Å². The monoisotopic (exact) mass is 460 g/mol. The summed E-state index contributed by atoms with van der Waals surface area (Å²) < 4.78 is 0. The summed E-state index contributed by atoms with van der Waals surface area (Å²) >= 11 is 5.86. The molecular weight excluding hydrogens is 440 g/mol. The van der Waals surface area contributed by atoms with Crippen molar-refractivity contribution >= 4 is 46.1 Å². The molecule has 0 aliphatic carbocycles. The lowest BCUT2D eigenvalue weighted by atomic mass is 9.91. The van der Waals surface area contributed by atoms with Crippen molar-refractivity contribution in [2.75, 3.05) is 9.80 Å². The second kappa shape index (κ2) is 9.25. The van der Waals surface area contributed by atoms with Gasteiger partial charge >= 0.3 is 6.03 Å². The lowest BCUT2D eigenvalue weighted by molar-refractivity contribution is -0.114. The molecule has 1 heterocycles. The Hall–Kier alpha value is -4.35. The average Bonchev–Trinajstić information content (AvgIpc) is 2.89. The molecule has 0 saturated carbocycles. The molecule has 1 fully saturated rings. The maximum absolute atomic E-state index is 14.0. The second-order valence-corrected chi connectivity index (χ2v) is 8.10. The van der Waals surface area contributed by atoms with E-state index in [1.54, 1.807) is 24.3 Å². The number of benzene rings is 4. The summed E-state index contributed by atoms with van der Waals surface area (Å²) in [6.07, 6.45) is 0. The number of anilines is 2. The molecule has 3 amide bonds. The Balaban J connectivity index is 1.81. The topological polar surface area (TPSA) is 40.6 Å². The van der Waals surface area contributed by atoms with E-state index < -0.39 is 11.9 Å². The maximum atomic E-state index is 14.0. The zero-order valence-corrected chi connectivity index (χ0v) is 19.0. The van der Waals surface area contributed by atoms with Crippen molar-refractivity contribution in [1.82, 2.24) is 0 Å². The fraction of sp³-hybridized carbons (Fsp3) is 0. The first kappa shape index (κ1) is 21.5. The van der Waals surface area contributed by atoms with Crippen molar-refractivity contribution in [1.29, 1.82) is 0 Å². The third-order valence-corrected chi connectivity index (χ3v) is 6.01. The number of carbonyl (C=O) groups excluding carboxylic acids is 2. The highest BCUT2D eigenvalue weighted by Crippen LogP contribution is 2.35. The van der Waals surface area contributed by atoms with Crippen molar-refractivity contribution in [3.05, 3.63) is 138 Å². The third kappa shape index (κ3) is 3.83. The maximum Gasteiger partial charge on any atom is 0.341 e. The molecule has 0 atom stereocenters. The summed E-state index contributed by atoms with van der Waals surface area (Å²) in [5.74, 6) is -0.448. The minimum atomic E-state index is -0.503. The summed E-state index contributed by atoms with van der Waals surface area (Å²) in [5.41, 5.74) is 3.76. The first-order valence-corrected chi connectivity index (χ1v) is 11.3. The molecule has 0 radical (unpaired) electrons. The van der Waals surface area contributed by atoms with E-state index in [2.05, 4.69) is 0 Å². The van der Waals surface area contributed by atoms with Gasteiger partial charge in [-0.05, 0) is 35.4 Å². The number of rotatable bonds is 4. The van der Waals surface area contributed by atoms with Crippen LogP contribution in [0.5, 0.6) is 0 Å². The molecule has 34 heavy (non-hydrogen) atoms. The number of hydrogen-bond acceptors (Lipinski definition) is 3. The fourth-order valence-corrected chi connectivity index (χ4v) is 4.45. The van der Waals surface area contributed by atoms with Crippen LogP contribution in [0.15, 0.2) is 127 Å². The van der Waals surface area contributed by atoms with Gasteiger partial charge in [0.25, 0.3) is 5.91 Å². The molecule has 0 aromatic heterocycles. The van der Waals surface area contributed by atoms with E-state index in [0.29, 0.717) is 22.5 Å². The van der Waals surface area contributed by atoms with Crippen LogP contribution in [0.2, 0.25) is 0 Å². The van der Waals surface area contributed by atoms with Gasteiger partial charge in [0.1, 0.15) is 4.99 Å². The SMILES string of the molecule is O=C1C(=C(c2ccccc2)c2ccccc2)C(=S)N(c2ccccc2)C(=O)N1c1ccccc1. The zero-order chi connectivity index (χ0) is 23.5. The summed E-state index contributed by atoms with van der Waals surface area (Å²) in [5, 5.41) is 0. The Bertz CT molecular complexity index is 1280. The quantitative estimate of drug-likeness (QED) is 0.258. The Kier molecular flexibility index (Phi) is 5.85. The van der Waals surface area contributed by atoms with E-state index in [0.717, 1.165) is 11.1 Å². The largest absolute Gasteiger partial charge is 0.341 e. The molecule has 1 aliphatic heterocycles. The molecule has 1 aliphatic rings. The molecular formula is C29H20N2O2S. The zero-order valence-electron chi connectivity index (χ0n) is 18.2. The number of urea groups is 1. The summed E-state index contributed by atoms with van der Waals surface area (Å²) in [6.45, 7) is 0. The summed E-state index contributed by atoms with van der Waals surface area (Å²) in [4.78, 5) is 30.6. The van der Waals surface area contributed by atoms with E-state index in [9.17, 15) is 9.59 Å². The van der Waals surface area contributed by atoms with Gasteiger partial charge in [0.05, 0.1) is 16.9 Å². The van der Waals surface area contributed by atoms with Crippen molar-refractivity contribution in [2.45, 2.75) is 0 Å². The van der Waals surface area contributed by atoms with Crippen molar-refractivity contribution in [3.63, 3.8) is 0 Å². The minimum Gasteiger partial charge on any atom is -0.268 e. The number of hydrogen-bond donors (Lipinski definition) is 0. The van der Waals surface area contributed by atoms with Crippen LogP contribution < -0.4 is 9.80 Å². The lowest BCUT2D eigenvalue weighted by Crippen LogP contribution is -2.56. The molecule has 164 valence electrons. The molecule has 5 rings (SSSR count). The van der Waals surface area contributed by atoms with Crippen LogP contribution in [0, 0.1) is 0 Å². The highest BCUT2D eigenvalue weighted by atomic mass is 32.1. The van der Waals surface area contributed by atoms with Gasteiger partial charge in [-0.25, -0.2) is 9.69 Å². The van der Waals surface area contributed by atoms with Crippen molar-refractivity contribution in [2.24, 2.45) is 0 Å². The summed E-state index contributed by atoms with van der Waals surface area (Å²) in [7, 11) is 0. The van der Waals surface area contributed by atoms with Gasteiger partial charge < -0.3 is 0 Å². The Morgan fingerprint density at radius 2 is 0.912 bits per heavy atom. The minimum absolute atomic E-state index is 0.177. The van der Waals surface area contributed by atoms with Crippen LogP contribution in [-0.4, -0.2) is 16.9 Å².